The number of rotatable bonds is 2. The number of hydrogen-bond donors (Lipinski definition) is 1. The third kappa shape index (κ3) is 3.23. The van der Waals surface area contributed by atoms with Crippen LogP contribution in [0.1, 0.15) is 32.6 Å². The van der Waals surface area contributed by atoms with Gasteiger partial charge in [0.25, 0.3) is 0 Å². The first-order valence-electron chi connectivity index (χ1n) is 7.26. The maximum atomic E-state index is 12.5. The predicted octanol–water partition coefficient (Wildman–Crippen LogP) is 0.927. The molecule has 104 valence electrons. The Kier molecular flexibility index (Phi) is 4.62. The van der Waals surface area contributed by atoms with Crippen LogP contribution in [-0.2, 0) is 4.79 Å². The van der Waals surface area contributed by atoms with E-state index in [4.69, 9.17) is 0 Å². The molecule has 4 heteroatoms. The average Bonchev–Trinajstić information content (AvgIpc) is 2.38. The summed E-state index contributed by atoms with van der Waals surface area (Å²) in [7, 11) is 4.23. The number of amides is 1. The minimum Gasteiger partial charge on any atom is -0.341 e. The fourth-order valence-electron chi connectivity index (χ4n) is 3.19. The minimum absolute atomic E-state index is 0.252. The Morgan fingerprint density at radius 3 is 2.78 bits per heavy atom. The minimum atomic E-state index is 0.252. The molecule has 0 bridgehead atoms. The molecule has 2 aliphatic rings. The van der Waals surface area contributed by atoms with Gasteiger partial charge in [0.2, 0.25) is 5.91 Å². The van der Waals surface area contributed by atoms with Crippen LogP contribution in [0.4, 0.5) is 0 Å². The van der Waals surface area contributed by atoms with Gasteiger partial charge in [-0.3, -0.25) is 4.79 Å². The first-order valence-corrected chi connectivity index (χ1v) is 7.26. The highest BCUT2D eigenvalue weighted by Gasteiger charge is 2.31. The van der Waals surface area contributed by atoms with Crippen molar-refractivity contribution in [1.29, 1.82) is 0 Å². The van der Waals surface area contributed by atoms with Gasteiger partial charge in [-0.15, -0.1) is 0 Å². The van der Waals surface area contributed by atoms with E-state index in [0.717, 1.165) is 38.9 Å². The molecule has 0 aromatic carbocycles. The Morgan fingerprint density at radius 2 is 2.11 bits per heavy atom. The number of piperidine rings is 2. The summed E-state index contributed by atoms with van der Waals surface area (Å²) in [5, 5.41) is 3.42. The van der Waals surface area contributed by atoms with E-state index in [9.17, 15) is 4.79 Å². The van der Waals surface area contributed by atoms with Crippen molar-refractivity contribution >= 4 is 5.91 Å². The number of carbonyl (C=O) groups excluding carboxylic acids is 1. The molecule has 2 heterocycles. The maximum Gasteiger partial charge on any atom is 0.225 e. The van der Waals surface area contributed by atoms with Gasteiger partial charge in [-0.2, -0.15) is 0 Å². The van der Waals surface area contributed by atoms with Gasteiger partial charge in [0.1, 0.15) is 0 Å². The topological polar surface area (TPSA) is 35.6 Å². The van der Waals surface area contributed by atoms with Crippen LogP contribution in [0.15, 0.2) is 0 Å². The van der Waals surface area contributed by atoms with Gasteiger partial charge in [0.05, 0.1) is 0 Å². The van der Waals surface area contributed by atoms with Crippen LogP contribution in [0.3, 0.4) is 0 Å². The molecular formula is C14H27N3O. The van der Waals surface area contributed by atoms with Gasteiger partial charge in [-0.1, -0.05) is 0 Å². The van der Waals surface area contributed by atoms with Crippen molar-refractivity contribution in [2.24, 2.45) is 5.92 Å². The van der Waals surface area contributed by atoms with Crippen molar-refractivity contribution in [2.75, 3.05) is 33.7 Å². The van der Waals surface area contributed by atoms with E-state index < -0.39 is 0 Å². The first kappa shape index (κ1) is 13.8. The molecule has 0 aliphatic carbocycles. The third-order valence-corrected chi connectivity index (χ3v) is 4.41. The zero-order valence-corrected chi connectivity index (χ0v) is 12.0. The molecule has 0 aromatic rings. The van der Waals surface area contributed by atoms with E-state index in [0.29, 0.717) is 18.0 Å². The molecule has 4 nitrogen and oxygen atoms in total. The maximum absolute atomic E-state index is 12.5. The van der Waals surface area contributed by atoms with Crippen molar-refractivity contribution in [1.82, 2.24) is 15.1 Å². The van der Waals surface area contributed by atoms with Crippen molar-refractivity contribution in [2.45, 2.75) is 44.7 Å². The van der Waals surface area contributed by atoms with E-state index in [1.165, 1.54) is 6.42 Å². The molecule has 3 atom stereocenters. The highest BCUT2D eigenvalue weighted by atomic mass is 16.2. The Bertz CT molecular complexity index is 293. The lowest BCUT2D eigenvalue weighted by molar-refractivity contribution is -0.138. The van der Waals surface area contributed by atoms with Gasteiger partial charge in [0, 0.05) is 31.1 Å². The number of carbonyl (C=O) groups is 1. The van der Waals surface area contributed by atoms with Gasteiger partial charge in [-0.05, 0) is 53.2 Å². The summed E-state index contributed by atoms with van der Waals surface area (Å²) in [5.41, 5.74) is 0. The molecule has 3 unspecified atom stereocenters. The molecule has 0 spiro atoms. The summed E-state index contributed by atoms with van der Waals surface area (Å²) >= 11 is 0. The number of likely N-dealkylation sites (tertiary alicyclic amines) is 1. The molecule has 1 N–H and O–H groups in total. The van der Waals surface area contributed by atoms with Crippen LogP contribution in [0.2, 0.25) is 0 Å². The molecule has 2 aliphatic heterocycles. The van der Waals surface area contributed by atoms with E-state index in [2.05, 4.69) is 36.1 Å². The molecule has 0 aromatic heterocycles. The second-order valence-electron chi connectivity index (χ2n) is 6.12. The number of nitrogens with zero attached hydrogens (tertiary/aromatic N) is 2. The molecular weight excluding hydrogens is 226 g/mol. The van der Waals surface area contributed by atoms with E-state index in [1.54, 1.807) is 0 Å². The highest BCUT2D eigenvalue weighted by Crippen LogP contribution is 2.22. The van der Waals surface area contributed by atoms with Crippen molar-refractivity contribution in [3.8, 4) is 0 Å². The van der Waals surface area contributed by atoms with Crippen LogP contribution in [0.5, 0.6) is 0 Å². The van der Waals surface area contributed by atoms with E-state index in [1.807, 2.05) is 0 Å². The van der Waals surface area contributed by atoms with Crippen LogP contribution < -0.4 is 5.32 Å². The van der Waals surface area contributed by atoms with Crippen LogP contribution in [-0.4, -0.2) is 61.5 Å². The summed E-state index contributed by atoms with van der Waals surface area (Å²) in [4.78, 5) is 16.9. The molecule has 0 radical (unpaired) electrons. The summed E-state index contributed by atoms with van der Waals surface area (Å²) in [6.45, 7) is 5.05. The lowest BCUT2D eigenvalue weighted by atomic mass is 9.91. The normalized spacial score (nSPS) is 33.8. The van der Waals surface area contributed by atoms with Crippen LogP contribution in [0.25, 0.3) is 0 Å². The van der Waals surface area contributed by atoms with Crippen molar-refractivity contribution < 1.29 is 4.79 Å². The third-order valence-electron chi connectivity index (χ3n) is 4.41. The van der Waals surface area contributed by atoms with Gasteiger partial charge in [-0.25, -0.2) is 0 Å². The highest BCUT2D eigenvalue weighted by molar-refractivity contribution is 5.79. The predicted molar refractivity (Wildman–Crippen MR) is 73.5 cm³/mol. The molecule has 2 rings (SSSR count). The molecule has 0 saturated carbocycles. The zero-order valence-electron chi connectivity index (χ0n) is 12.0. The molecule has 2 fully saturated rings. The van der Waals surface area contributed by atoms with Crippen LogP contribution >= 0.6 is 0 Å². The largest absolute Gasteiger partial charge is 0.341 e. The Hall–Kier alpha value is -0.610. The number of hydrogen-bond acceptors (Lipinski definition) is 3. The van der Waals surface area contributed by atoms with Gasteiger partial charge < -0.3 is 15.1 Å². The van der Waals surface area contributed by atoms with E-state index >= 15 is 0 Å². The Balaban J connectivity index is 1.91. The quantitative estimate of drug-likeness (QED) is 0.795. The van der Waals surface area contributed by atoms with Gasteiger partial charge in [0.15, 0.2) is 0 Å². The summed E-state index contributed by atoms with van der Waals surface area (Å²) in [6.07, 6.45) is 4.38. The molecule has 1 amide bonds. The SMILES string of the molecule is CC1CC(C(=O)N2CCCC(N(C)C)C2)CCN1. The second-order valence-corrected chi connectivity index (χ2v) is 6.12. The first-order chi connectivity index (χ1) is 8.58. The summed E-state index contributed by atoms with van der Waals surface area (Å²) in [6, 6.07) is 1.03. The Labute approximate surface area is 111 Å². The van der Waals surface area contributed by atoms with Crippen molar-refractivity contribution in [3.63, 3.8) is 0 Å². The summed E-state index contributed by atoms with van der Waals surface area (Å²) in [5.74, 6) is 0.650. The summed E-state index contributed by atoms with van der Waals surface area (Å²) < 4.78 is 0. The molecule has 2 saturated heterocycles. The van der Waals surface area contributed by atoms with Crippen LogP contribution in [0, 0.1) is 5.92 Å². The van der Waals surface area contributed by atoms with E-state index in [-0.39, 0.29) is 5.92 Å². The molecule has 18 heavy (non-hydrogen) atoms. The lowest BCUT2D eigenvalue weighted by Crippen LogP contribution is -2.51. The fourth-order valence-corrected chi connectivity index (χ4v) is 3.19. The Morgan fingerprint density at radius 1 is 1.33 bits per heavy atom. The smallest absolute Gasteiger partial charge is 0.225 e. The number of likely N-dealkylation sites (N-methyl/N-ethyl adjacent to an activating group) is 1. The average molecular weight is 253 g/mol. The fraction of sp³-hybridized carbons (Fsp3) is 0.929. The standard InChI is InChI=1S/C14H27N3O/c1-11-9-12(6-7-15-11)14(18)17-8-4-5-13(10-17)16(2)3/h11-13,15H,4-10H2,1-3H3. The monoisotopic (exact) mass is 253 g/mol. The lowest BCUT2D eigenvalue weighted by Gasteiger charge is -2.39. The van der Waals surface area contributed by atoms with Crippen molar-refractivity contribution in [3.05, 3.63) is 0 Å². The second kappa shape index (κ2) is 6.02. The number of nitrogens with one attached hydrogen (secondary N) is 1. The van der Waals surface area contributed by atoms with Gasteiger partial charge >= 0.3 is 0 Å². The zero-order chi connectivity index (χ0) is 13.1.